The number of β-lactam (4-membered cyclic amide) rings is 1. The van der Waals surface area contributed by atoms with Gasteiger partial charge in [-0.05, 0) is 17.7 Å². The third-order valence-corrected chi connectivity index (χ3v) is 2.32. The molecule has 1 aromatic carbocycles. The van der Waals surface area contributed by atoms with Gasteiger partial charge in [-0.3, -0.25) is 4.79 Å². The van der Waals surface area contributed by atoms with Gasteiger partial charge in [-0.25, -0.2) is 4.39 Å². The lowest BCUT2D eigenvalue weighted by molar-refractivity contribution is -0.145. The van der Waals surface area contributed by atoms with E-state index in [0.29, 0.717) is 0 Å². The van der Waals surface area contributed by atoms with Crippen molar-refractivity contribution in [2.24, 2.45) is 0 Å². The average molecular weight is 195 g/mol. The molecule has 0 radical (unpaired) electrons. The molecule has 1 amide bonds. The van der Waals surface area contributed by atoms with Crippen LogP contribution in [0.25, 0.3) is 0 Å². The van der Waals surface area contributed by atoms with Gasteiger partial charge in [-0.15, -0.1) is 0 Å². The van der Waals surface area contributed by atoms with E-state index in [2.05, 4.69) is 5.32 Å². The molecule has 0 aliphatic carbocycles. The molecule has 1 aliphatic heterocycles. The fourth-order valence-corrected chi connectivity index (χ4v) is 1.57. The highest BCUT2D eigenvalue weighted by Gasteiger charge is 2.40. The number of benzene rings is 1. The fraction of sp³-hybridized carbons (Fsp3) is 0.300. The van der Waals surface area contributed by atoms with Crippen LogP contribution in [0.1, 0.15) is 11.6 Å². The maximum absolute atomic E-state index is 12.9. The quantitative estimate of drug-likeness (QED) is 0.715. The molecular weight excluding hydrogens is 185 g/mol. The standard InChI is InChI=1S/C10H10FNO2/c1-14-9-8(12-10(9)13)6-3-2-4-7(11)5-6/h2-5,8-9H,1H3,(H,12,13). The first kappa shape index (κ1) is 9.15. The molecule has 0 spiro atoms. The largest absolute Gasteiger partial charge is 0.369 e. The first-order valence-corrected chi connectivity index (χ1v) is 4.31. The lowest BCUT2D eigenvalue weighted by Gasteiger charge is -2.35. The molecule has 0 saturated carbocycles. The van der Waals surface area contributed by atoms with Crippen LogP contribution in [0.4, 0.5) is 4.39 Å². The Morgan fingerprint density at radius 2 is 2.29 bits per heavy atom. The minimum absolute atomic E-state index is 0.151. The molecule has 1 aliphatic rings. The number of ether oxygens (including phenoxy) is 1. The number of carbonyl (C=O) groups is 1. The summed E-state index contributed by atoms with van der Waals surface area (Å²) in [4.78, 5) is 11.0. The van der Waals surface area contributed by atoms with Crippen molar-refractivity contribution in [3.63, 3.8) is 0 Å². The number of hydrogen-bond donors (Lipinski definition) is 1. The van der Waals surface area contributed by atoms with Crippen LogP contribution in [-0.2, 0) is 9.53 Å². The molecule has 3 nitrogen and oxygen atoms in total. The van der Waals surface area contributed by atoms with Crippen LogP contribution in [0.5, 0.6) is 0 Å². The zero-order chi connectivity index (χ0) is 10.1. The summed E-state index contributed by atoms with van der Waals surface area (Å²) in [6.07, 6.45) is -0.489. The van der Waals surface area contributed by atoms with Gasteiger partial charge in [0.05, 0.1) is 6.04 Å². The van der Waals surface area contributed by atoms with Gasteiger partial charge in [0.1, 0.15) is 5.82 Å². The van der Waals surface area contributed by atoms with Crippen LogP contribution in [0.3, 0.4) is 0 Å². The van der Waals surface area contributed by atoms with E-state index < -0.39 is 6.10 Å². The predicted octanol–water partition coefficient (Wildman–Crippen LogP) is 1.01. The number of rotatable bonds is 2. The first-order valence-electron chi connectivity index (χ1n) is 4.31. The molecule has 2 atom stereocenters. The Bertz CT molecular complexity index is 367. The fourth-order valence-electron chi connectivity index (χ4n) is 1.57. The summed E-state index contributed by atoms with van der Waals surface area (Å²) in [5.74, 6) is -0.458. The Hall–Kier alpha value is -1.42. The topological polar surface area (TPSA) is 38.3 Å². The number of amides is 1. The van der Waals surface area contributed by atoms with Crippen molar-refractivity contribution in [1.82, 2.24) is 5.32 Å². The second-order valence-electron chi connectivity index (χ2n) is 3.20. The van der Waals surface area contributed by atoms with Crippen molar-refractivity contribution in [3.8, 4) is 0 Å². The van der Waals surface area contributed by atoms with Crippen molar-refractivity contribution in [2.75, 3.05) is 7.11 Å². The van der Waals surface area contributed by atoms with Crippen molar-refractivity contribution < 1.29 is 13.9 Å². The highest BCUT2D eigenvalue weighted by atomic mass is 19.1. The third kappa shape index (κ3) is 1.37. The highest BCUT2D eigenvalue weighted by molar-refractivity contribution is 5.88. The van der Waals surface area contributed by atoms with E-state index in [0.717, 1.165) is 5.56 Å². The Morgan fingerprint density at radius 1 is 1.50 bits per heavy atom. The van der Waals surface area contributed by atoms with E-state index in [-0.39, 0.29) is 17.8 Å². The number of hydrogen-bond acceptors (Lipinski definition) is 2. The zero-order valence-electron chi connectivity index (χ0n) is 7.66. The van der Waals surface area contributed by atoms with E-state index in [4.69, 9.17) is 4.74 Å². The van der Waals surface area contributed by atoms with E-state index in [9.17, 15) is 9.18 Å². The molecule has 0 bridgehead atoms. The van der Waals surface area contributed by atoms with Crippen molar-refractivity contribution in [1.29, 1.82) is 0 Å². The second kappa shape index (κ2) is 3.38. The first-order chi connectivity index (χ1) is 6.72. The second-order valence-corrected chi connectivity index (χ2v) is 3.20. The van der Waals surface area contributed by atoms with Crippen LogP contribution in [0.2, 0.25) is 0 Å². The van der Waals surface area contributed by atoms with Crippen LogP contribution >= 0.6 is 0 Å². The molecule has 1 saturated heterocycles. The van der Waals surface area contributed by atoms with Crippen LogP contribution in [0, 0.1) is 5.82 Å². The third-order valence-electron chi connectivity index (χ3n) is 2.32. The average Bonchev–Trinajstić information content (AvgIpc) is 2.14. The van der Waals surface area contributed by atoms with Crippen LogP contribution < -0.4 is 5.32 Å². The van der Waals surface area contributed by atoms with E-state index >= 15 is 0 Å². The molecule has 1 heterocycles. The number of nitrogens with one attached hydrogen (secondary N) is 1. The molecule has 1 aromatic rings. The number of halogens is 1. The van der Waals surface area contributed by atoms with Gasteiger partial charge < -0.3 is 10.1 Å². The molecule has 1 fully saturated rings. The molecule has 2 unspecified atom stereocenters. The van der Waals surface area contributed by atoms with Crippen LogP contribution in [0.15, 0.2) is 24.3 Å². The van der Waals surface area contributed by atoms with Gasteiger partial charge in [0.25, 0.3) is 5.91 Å². The van der Waals surface area contributed by atoms with Gasteiger partial charge in [0.15, 0.2) is 6.10 Å². The van der Waals surface area contributed by atoms with Crippen molar-refractivity contribution in [3.05, 3.63) is 35.6 Å². The van der Waals surface area contributed by atoms with Gasteiger partial charge >= 0.3 is 0 Å². The molecule has 0 aromatic heterocycles. The number of methoxy groups -OCH3 is 1. The summed E-state index contributed by atoms with van der Waals surface area (Å²) in [5, 5.41) is 2.66. The van der Waals surface area contributed by atoms with E-state index in [1.807, 2.05) is 0 Å². The Balaban J connectivity index is 2.20. The van der Waals surface area contributed by atoms with Crippen molar-refractivity contribution >= 4 is 5.91 Å². The Morgan fingerprint density at radius 3 is 2.86 bits per heavy atom. The Kier molecular flexibility index (Phi) is 2.21. The van der Waals surface area contributed by atoms with E-state index in [1.165, 1.54) is 19.2 Å². The predicted molar refractivity (Wildman–Crippen MR) is 48.1 cm³/mol. The minimum Gasteiger partial charge on any atom is -0.369 e. The minimum atomic E-state index is -0.489. The maximum Gasteiger partial charge on any atom is 0.252 e. The van der Waals surface area contributed by atoms with Crippen molar-refractivity contribution in [2.45, 2.75) is 12.1 Å². The molecular formula is C10H10FNO2. The zero-order valence-corrected chi connectivity index (χ0v) is 7.66. The number of carbonyl (C=O) groups excluding carboxylic acids is 1. The smallest absolute Gasteiger partial charge is 0.252 e. The molecule has 74 valence electrons. The Labute approximate surface area is 80.9 Å². The molecule has 14 heavy (non-hydrogen) atoms. The summed E-state index contributed by atoms with van der Waals surface area (Å²) < 4.78 is 17.8. The monoisotopic (exact) mass is 195 g/mol. The summed E-state index contributed by atoms with van der Waals surface area (Å²) in [5.41, 5.74) is 0.733. The van der Waals surface area contributed by atoms with Gasteiger partial charge in [-0.1, -0.05) is 12.1 Å². The molecule has 4 heteroatoms. The van der Waals surface area contributed by atoms with Crippen LogP contribution in [-0.4, -0.2) is 19.1 Å². The summed E-state index contributed by atoms with van der Waals surface area (Å²) in [7, 11) is 1.47. The summed E-state index contributed by atoms with van der Waals surface area (Å²) >= 11 is 0. The molecule has 2 rings (SSSR count). The highest BCUT2D eigenvalue weighted by Crippen LogP contribution is 2.26. The van der Waals surface area contributed by atoms with Gasteiger partial charge in [-0.2, -0.15) is 0 Å². The lowest BCUT2D eigenvalue weighted by Crippen LogP contribution is -2.56. The lowest BCUT2D eigenvalue weighted by atomic mass is 9.94. The maximum atomic E-state index is 12.9. The summed E-state index contributed by atoms with van der Waals surface area (Å²) in [6.45, 7) is 0. The molecule has 1 N–H and O–H groups in total. The SMILES string of the molecule is COC1C(=O)NC1c1cccc(F)c1. The van der Waals surface area contributed by atoms with Gasteiger partial charge in [0, 0.05) is 7.11 Å². The van der Waals surface area contributed by atoms with Gasteiger partial charge in [0.2, 0.25) is 0 Å². The van der Waals surface area contributed by atoms with E-state index in [1.54, 1.807) is 12.1 Å². The summed E-state index contributed by atoms with van der Waals surface area (Å²) in [6, 6.07) is 5.92. The normalized spacial score (nSPS) is 25.4.